The summed E-state index contributed by atoms with van der Waals surface area (Å²) in [5.41, 5.74) is 4.60. The van der Waals surface area contributed by atoms with E-state index in [-0.39, 0.29) is 0 Å². The number of nitrogens with one attached hydrogen (secondary N) is 1. The minimum atomic E-state index is 0.310. The van der Waals surface area contributed by atoms with E-state index in [9.17, 15) is 4.79 Å². The maximum absolute atomic E-state index is 12.4. The summed E-state index contributed by atoms with van der Waals surface area (Å²) in [6, 6.07) is 4.06. The third-order valence-corrected chi connectivity index (χ3v) is 4.23. The van der Waals surface area contributed by atoms with Crippen LogP contribution >= 0.6 is 0 Å². The Kier molecular flexibility index (Phi) is 4.18. The van der Waals surface area contributed by atoms with Gasteiger partial charge in [0.05, 0.1) is 0 Å². The van der Waals surface area contributed by atoms with Crippen molar-refractivity contribution >= 4 is 5.78 Å². The van der Waals surface area contributed by atoms with E-state index in [2.05, 4.69) is 32.2 Å². The molecular formula is C16H23NO. The number of rotatable bonds is 3. The summed E-state index contributed by atoms with van der Waals surface area (Å²) in [6.07, 6.45) is 3.07. The Morgan fingerprint density at radius 3 is 2.72 bits per heavy atom. The molecule has 0 aliphatic carbocycles. The van der Waals surface area contributed by atoms with Crippen molar-refractivity contribution in [3.63, 3.8) is 0 Å². The van der Waals surface area contributed by atoms with Gasteiger partial charge in [0.2, 0.25) is 0 Å². The van der Waals surface area contributed by atoms with E-state index in [1.165, 1.54) is 24.0 Å². The summed E-state index contributed by atoms with van der Waals surface area (Å²) < 4.78 is 0. The van der Waals surface area contributed by atoms with Crippen LogP contribution in [0.3, 0.4) is 0 Å². The topological polar surface area (TPSA) is 29.1 Å². The van der Waals surface area contributed by atoms with Crippen LogP contribution in [0.4, 0.5) is 0 Å². The molecule has 1 saturated heterocycles. The molecule has 0 radical (unpaired) electrons. The van der Waals surface area contributed by atoms with Gasteiger partial charge in [-0.05, 0) is 69.3 Å². The number of Topliss-reactive ketones (excluding diaryl/α,β-unsaturated/α-hetero) is 1. The van der Waals surface area contributed by atoms with Crippen LogP contribution in [0.15, 0.2) is 12.1 Å². The van der Waals surface area contributed by atoms with Crippen LogP contribution in [0.1, 0.15) is 46.3 Å². The molecule has 0 bridgehead atoms. The highest BCUT2D eigenvalue weighted by molar-refractivity contribution is 5.98. The monoisotopic (exact) mass is 245 g/mol. The number of hydrogen-bond donors (Lipinski definition) is 1. The summed E-state index contributed by atoms with van der Waals surface area (Å²) in [7, 11) is 0. The standard InChI is InChI=1S/C16H23NO/c1-11-6-7-15(13(3)12(11)2)16(18)9-14-5-4-8-17-10-14/h6-7,14,17H,4-5,8-10H2,1-3H3. The number of aryl methyl sites for hydroxylation is 1. The van der Waals surface area contributed by atoms with Crippen molar-refractivity contribution in [2.24, 2.45) is 5.92 Å². The van der Waals surface area contributed by atoms with Crippen LogP contribution in [0.5, 0.6) is 0 Å². The van der Waals surface area contributed by atoms with E-state index < -0.39 is 0 Å². The lowest BCUT2D eigenvalue weighted by Gasteiger charge is -2.22. The summed E-state index contributed by atoms with van der Waals surface area (Å²) in [4.78, 5) is 12.4. The van der Waals surface area contributed by atoms with Gasteiger partial charge in [0.15, 0.2) is 5.78 Å². The minimum Gasteiger partial charge on any atom is -0.316 e. The molecule has 0 spiro atoms. The van der Waals surface area contributed by atoms with Gasteiger partial charge in [-0.2, -0.15) is 0 Å². The summed E-state index contributed by atoms with van der Waals surface area (Å²) in [5, 5.41) is 3.37. The predicted molar refractivity (Wildman–Crippen MR) is 75.2 cm³/mol. The molecule has 1 aliphatic heterocycles. The molecule has 1 N–H and O–H groups in total. The van der Waals surface area contributed by atoms with Crippen molar-refractivity contribution in [2.75, 3.05) is 13.1 Å². The van der Waals surface area contributed by atoms with Crippen molar-refractivity contribution in [2.45, 2.75) is 40.0 Å². The first-order valence-corrected chi connectivity index (χ1v) is 6.90. The molecule has 18 heavy (non-hydrogen) atoms. The first kappa shape index (κ1) is 13.3. The van der Waals surface area contributed by atoms with Gasteiger partial charge in [0, 0.05) is 12.0 Å². The maximum atomic E-state index is 12.4. The highest BCUT2D eigenvalue weighted by Gasteiger charge is 2.19. The molecule has 0 amide bonds. The van der Waals surface area contributed by atoms with Gasteiger partial charge in [0.1, 0.15) is 0 Å². The van der Waals surface area contributed by atoms with E-state index in [1.807, 2.05) is 6.07 Å². The minimum absolute atomic E-state index is 0.310. The van der Waals surface area contributed by atoms with Gasteiger partial charge < -0.3 is 5.32 Å². The molecule has 1 aromatic carbocycles. The first-order valence-electron chi connectivity index (χ1n) is 6.90. The van der Waals surface area contributed by atoms with E-state index in [0.29, 0.717) is 18.1 Å². The average molecular weight is 245 g/mol. The SMILES string of the molecule is Cc1ccc(C(=O)CC2CCCNC2)c(C)c1C. The van der Waals surface area contributed by atoms with Crippen molar-refractivity contribution in [3.05, 3.63) is 34.4 Å². The van der Waals surface area contributed by atoms with Crippen LogP contribution < -0.4 is 5.32 Å². The molecule has 0 saturated carbocycles. The molecule has 2 nitrogen and oxygen atoms in total. The zero-order valence-electron chi connectivity index (χ0n) is 11.7. The highest BCUT2D eigenvalue weighted by Crippen LogP contribution is 2.22. The van der Waals surface area contributed by atoms with Gasteiger partial charge >= 0.3 is 0 Å². The Morgan fingerprint density at radius 2 is 2.06 bits per heavy atom. The van der Waals surface area contributed by atoms with E-state index in [4.69, 9.17) is 0 Å². The van der Waals surface area contributed by atoms with Crippen LogP contribution in [0, 0.1) is 26.7 Å². The Labute approximate surface area is 110 Å². The van der Waals surface area contributed by atoms with Gasteiger partial charge in [-0.25, -0.2) is 0 Å². The predicted octanol–water partition coefficient (Wildman–Crippen LogP) is 3.18. The molecule has 2 rings (SSSR count). The summed E-state index contributed by atoms with van der Waals surface area (Å²) >= 11 is 0. The molecule has 0 aromatic heterocycles. The summed E-state index contributed by atoms with van der Waals surface area (Å²) in [5.74, 6) is 0.830. The second-order valence-electron chi connectivity index (χ2n) is 5.52. The molecule has 1 atom stereocenters. The molecular weight excluding hydrogens is 222 g/mol. The van der Waals surface area contributed by atoms with Gasteiger partial charge in [0.25, 0.3) is 0 Å². The smallest absolute Gasteiger partial charge is 0.163 e. The Morgan fingerprint density at radius 1 is 1.28 bits per heavy atom. The average Bonchev–Trinajstić information content (AvgIpc) is 2.37. The Bertz CT molecular complexity index is 445. The fraction of sp³-hybridized carbons (Fsp3) is 0.562. The molecule has 1 heterocycles. The van der Waals surface area contributed by atoms with Crippen molar-refractivity contribution in [3.8, 4) is 0 Å². The lowest BCUT2D eigenvalue weighted by atomic mass is 9.89. The number of carbonyl (C=O) groups excluding carboxylic acids is 1. The lowest BCUT2D eigenvalue weighted by Crippen LogP contribution is -2.31. The van der Waals surface area contributed by atoms with Gasteiger partial charge in [-0.1, -0.05) is 12.1 Å². The lowest BCUT2D eigenvalue weighted by molar-refractivity contribution is 0.0953. The van der Waals surface area contributed by atoms with Crippen LogP contribution in [0.2, 0.25) is 0 Å². The molecule has 1 aliphatic rings. The Balaban J connectivity index is 2.11. The van der Waals surface area contributed by atoms with E-state index in [0.717, 1.165) is 24.2 Å². The molecule has 98 valence electrons. The van der Waals surface area contributed by atoms with Gasteiger partial charge in [-0.15, -0.1) is 0 Å². The first-order chi connectivity index (χ1) is 8.59. The highest BCUT2D eigenvalue weighted by atomic mass is 16.1. The van der Waals surface area contributed by atoms with Crippen LogP contribution in [0.25, 0.3) is 0 Å². The fourth-order valence-corrected chi connectivity index (χ4v) is 2.73. The Hall–Kier alpha value is -1.15. The number of piperidine rings is 1. The number of hydrogen-bond acceptors (Lipinski definition) is 2. The van der Waals surface area contributed by atoms with Crippen molar-refractivity contribution in [1.29, 1.82) is 0 Å². The zero-order chi connectivity index (χ0) is 13.1. The molecule has 1 aromatic rings. The maximum Gasteiger partial charge on any atom is 0.163 e. The normalized spacial score (nSPS) is 19.8. The molecule has 2 heteroatoms. The molecule has 1 fully saturated rings. The third kappa shape index (κ3) is 2.81. The second kappa shape index (κ2) is 5.66. The van der Waals surface area contributed by atoms with Crippen molar-refractivity contribution < 1.29 is 4.79 Å². The largest absolute Gasteiger partial charge is 0.316 e. The fourth-order valence-electron chi connectivity index (χ4n) is 2.73. The quantitative estimate of drug-likeness (QED) is 0.829. The zero-order valence-corrected chi connectivity index (χ0v) is 11.7. The summed E-state index contributed by atoms with van der Waals surface area (Å²) in [6.45, 7) is 8.36. The number of carbonyl (C=O) groups is 1. The third-order valence-electron chi connectivity index (χ3n) is 4.23. The second-order valence-corrected chi connectivity index (χ2v) is 5.52. The number of ketones is 1. The van der Waals surface area contributed by atoms with Gasteiger partial charge in [-0.3, -0.25) is 4.79 Å². The van der Waals surface area contributed by atoms with E-state index >= 15 is 0 Å². The van der Waals surface area contributed by atoms with E-state index in [1.54, 1.807) is 0 Å². The van der Waals surface area contributed by atoms with Crippen LogP contribution in [-0.2, 0) is 0 Å². The molecule has 1 unspecified atom stereocenters. The van der Waals surface area contributed by atoms with Crippen molar-refractivity contribution in [1.82, 2.24) is 5.32 Å². The van der Waals surface area contributed by atoms with Crippen LogP contribution in [-0.4, -0.2) is 18.9 Å². The number of benzene rings is 1.